The van der Waals surface area contributed by atoms with E-state index in [2.05, 4.69) is 0 Å². The van der Waals surface area contributed by atoms with E-state index in [1.807, 2.05) is 23.0 Å². The summed E-state index contributed by atoms with van der Waals surface area (Å²) in [5.74, 6) is 0. The van der Waals surface area contributed by atoms with Crippen LogP contribution >= 0.6 is 0 Å². The minimum absolute atomic E-state index is 0.128. The third kappa shape index (κ3) is 10.7. The van der Waals surface area contributed by atoms with Gasteiger partial charge in [0.25, 0.3) is 0 Å². The Morgan fingerprint density at radius 3 is 1.64 bits per heavy atom. The van der Waals surface area contributed by atoms with E-state index in [0.29, 0.717) is 0 Å². The summed E-state index contributed by atoms with van der Waals surface area (Å²) in [5.41, 5.74) is 0. The molecule has 0 unspecified atom stereocenters. The van der Waals surface area contributed by atoms with E-state index in [9.17, 15) is 4.39 Å². The Labute approximate surface area is 83.4 Å². The summed E-state index contributed by atoms with van der Waals surface area (Å²) in [6.45, 7) is -0.128. The zero-order chi connectivity index (χ0) is 8.36. The molecule has 0 fully saturated rings. The average molecular weight is 267 g/mol. The predicted octanol–water partition coefficient (Wildman–Crippen LogP) is 3.27. The summed E-state index contributed by atoms with van der Waals surface area (Å²) >= 11 is 1.91. The van der Waals surface area contributed by atoms with Crippen LogP contribution in [0.25, 0.3) is 0 Å². The van der Waals surface area contributed by atoms with Crippen LogP contribution in [0.5, 0.6) is 0 Å². The first-order valence-corrected chi connectivity index (χ1v) is 6.39. The Hall–Kier alpha value is 0.748. The molecule has 0 nitrogen and oxygen atoms in total. The molecule has 0 amide bonds. The third-order valence-electron chi connectivity index (χ3n) is 1.79. The van der Waals surface area contributed by atoms with Gasteiger partial charge in [0, 0.05) is 0 Å². The fraction of sp³-hybridized carbons (Fsp3) is 1.00. The first-order valence-electron chi connectivity index (χ1n) is 4.58. The molecule has 0 rings (SSSR count). The van der Waals surface area contributed by atoms with Gasteiger partial charge < -0.3 is 0 Å². The zero-order valence-electron chi connectivity index (χ0n) is 7.19. The summed E-state index contributed by atoms with van der Waals surface area (Å²) in [5, 5.41) is 0. The van der Waals surface area contributed by atoms with Crippen molar-refractivity contribution < 1.29 is 4.39 Å². The van der Waals surface area contributed by atoms with E-state index in [0.717, 1.165) is 12.8 Å². The maximum atomic E-state index is 11.6. The molecule has 0 atom stereocenters. The summed E-state index contributed by atoms with van der Waals surface area (Å²) in [6, 6.07) is 0. The van der Waals surface area contributed by atoms with Crippen molar-refractivity contribution in [3.8, 4) is 0 Å². The van der Waals surface area contributed by atoms with E-state index >= 15 is 0 Å². The monoisotopic (exact) mass is 266 g/mol. The van der Waals surface area contributed by atoms with Crippen LogP contribution < -0.4 is 0 Å². The predicted molar refractivity (Wildman–Crippen MR) is 48.9 cm³/mol. The van der Waals surface area contributed by atoms with Crippen LogP contribution in [0.3, 0.4) is 0 Å². The molecular formula is C9H18FSb. The molecule has 0 saturated heterocycles. The van der Waals surface area contributed by atoms with Crippen molar-refractivity contribution in [1.29, 1.82) is 0 Å². The molecule has 0 bridgehead atoms. The van der Waals surface area contributed by atoms with Gasteiger partial charge in [-0.3, -0.25) is 0 Å². The number of hydrogen-bond acceptors (Lipinski definition) is 0. The Bertz CT molecular complexity index is 58.6. The van der Waals surface area contributed by atoms with Crippen molar-refractivity contribution >= 4 is 23.0 Å². The van der Waals surface area contributed by atoms with Crippen LogP contribution in [-0.2, 0) is 0 Å². The van der Waals surface area contributed by atoms with Gasteiger partial charge in [0.2, 0.25) is 0 Å². The molecule has 0 aliphatic rings. The molecule has 0 aromatic rings. The fourth-order valence-corrected chi connectivity index (χ4v) is 1.73. The van der Waals surface area contributed by atoms with Crippen molar-refractivity contribution in [2.75, 3.05) is 6.67 Å². The molecule has 0 saturated carbocycles. The second kappa shape index (κ2) is 10.7. The standard InChI is InChI=1S/C9H18F.Sb/c1-2-3-4-5-6-7-8-9-10;/h1-9H2;. The Morgan fingerprint density at radius 2 is 1.18 bits per heavy atom. The molecule has 0 heterocycles. The van der Waals surface area contributed by atoms with E-state index in [-0.39, 0.29) is 6.67 Å². The maximum absolute atomic E-state index is 11.6. The molecule has 0 aromatic heterocycles. The third-order valence-corrected chi connectivity index (χ3v) is 2.69. The van der Waals surface area contributed by atoms with Crippen LogP contribution in [-0.4, -0.2) is 29.7 Å². The first-order chi connectivity index (χ1) is 5.41. The molecule has 66 valence electrons. The van der Waals surface area contributed by atoms with Crippen LogP contribution in [0.4, 0.5) is 4.39 Å². The summed E-state index contributed by atoms with van der Waals surface area (Å²) in [6.07, 6.45) is 8.53. The first kappa shape index (κ1) is 11.7. The number of hydrogen-bond donors (Lipinski definition) is 0. The normalized spacial score (nSPS) is 10.4. The van der Waals surface area contributed by atoms with Crippen molar-refractivity contribution in [2.45, 2.75) is 49.3 Å². The number of alkyl halides is 1. The molecule has 0 spiro atoms. The topological polar surface area (TPSA) is 0 Å². The molecule has 2 radical (unpaired) electrons. The van der Waals surface area contributed by atoms with Gasteiger partial charge in [-0.1, -0.05) is 0 Å². The Balaban J connectivity index is 2.69. The summed E-state index contributed by atoms with van der Waals surface area (Å²) in [7, 11) is 0. The van der Waals surface area contributed by atoms with Gasteiger partial charge in [-0.2, -0.15) is 0 Å². The summed E-state index contributed by atoms with van der Waals surface area (Å²) in [4.78, 5) is 0. The van der Waals surface area contributed by atoms with Gasteiger partial charge in [0.15, 0.2) is 0 Å². The van der Waals surface area contributed by atoms with Crippen molar-refractivity contribution in [3.63, 3.8) is 0 Å². The number of unbranched alkanes of at least 4 members (excludes halogenated alkanes) is 6. The van der Waals surface area contributed by atoms with Crippen molar-refractivity contribution in [1.82, 2.24) is 0 Å². The van der Waals surface area contributed by atoms with E-state index in [1.165, 1.54) is 36.5 Å². The van der Waals surface area contributed by atoms with Crippen LogP contribution in [0.1, 0.15) is 44.9 Å². The molecule has 0 aliphatic heterocycles. The van der Waals surface area contributed by atoms with E-state index in [1.54, 1.807) is 0 Å². The van der Waals surface area contributed by atoms with Gasteiger partial charge in [0.1, 0.15) is 0 Å². The Morgan fingerprint density at radius 1 is 0.727 bits per heavy atom. The second-order valence-electron chi connectivity index (χ2n) is 2.89. The van der Waals surface area contributed by atoms with Gasteiger partial charge in [-0.15, -0.1) is 0 Å². The van der Waals surface area contributed by atoms with Crippen LogP contribution in [0.2, 0.25) is 4.37 Å². The van der Waals surface area contributed by atoms with Gasteiger partial charge in [-0.25, -0.2) is 0 Å². The summed E-state index contributed by atoms with van der Waals surface area (Å²) < 4.78 is 13.0. The minimum atomic E-state index is -0.128. The fourth-order valence-electron chi connectivity index (χ4n) is 1.09. The quantitative estimate of drug-likeness (QED) is 0.467. The molecule has 2 heteroatoms. The van der Waals surface area contributed by atoms with Crippen molar-refractivity contribution in [3.05, 3.63) is 0 Å². The van der Waals surface area contributed by atoms with Gasteiger partial charge in [-0.05, 0) is 0 Å². The molecule has 11 heavy (non-hydrogen) atoms. The molecular weight excluding hydrogens is 249 g/mol. The van der Waals surface area contributed by atoms with Crippen molar-refractivity contribution in [2.24, 2.45) is 0 Å². The molecule has 0 aromatic carbocycles. The van der Waals surface area contributed by atoms with Crippen LogP contribution in [0.15, 0.2) is 0 Å². The second-order valence-corrected chi connectivity index (χ2v) is 4.16. The van der Waals surface area contributed by atoms with Crippen LogP contribution in [0, 0.1) is 0 Å². The van der Waals surface area contributed by atoms with E-state index in [4.69, 9.17) is 0 Å². The van der Waals surface area contributed by atoms with Gasteiger partial charge >= 0.3 is 83.4 Å². The molecule has 0 aliphatic carbocycles. The molecule has 0 N–H and O–H groups in total. The van der Waals surface area contributed by atoms with Gasteiger partial charge in [0.05, 0.1) is 0 Å². The zero-order valence-corrected chi connectivity index (χ0v) is 9.74. The Kier molecular flexibility index (Phi) is 11.5. The SMILES string of the molecule is FCCCCCCCC[CH2][Sb]. The number of halogens is 1. The average Bonchev–Trinajstić information content (AvgIpc) is 2.03. The van der Waals surface area contributed by atoms with E-state index < -0.39 is 0 Å². The number of rotatable bonds is 8.